The van der Waals surface area contributed by atoms with Gasteiger partial charge in [0.2, 0.25) is 17.7 Å². The molecule has 61 heavy (non-hydrogen) atoms. The lowest BCUT2D eigenvalue weighted by Crippen LogP contribution is -2.66. The molecule has 0 spiro atoms. The lowest BCUT2D eigenvalue weighted by Gasteiger charge is -2.45. The summed E-state index contributed by atoms with van der Waals surface area (Å²) >= 11 is 0. The van der Waals surface area contributed by atoms with Gasteiger partial charge in [-0.25, -0.2) is 9.48 Å². The molecule has 4 saturated heterocycles. The molecule has 7 N–H and O–H groups in total. The number of carboxylic acid groups (broad SMARTS) is 1. The lowest BCUT2D eigenvalue weighted by molar-refractivity contribution is -0.337. The van der Waals surface area contributed by atoms with E-state index in [1.807, 2.05) is 13.8 Å². The Balaban J connectivity index is 1.03. The maximum absolute atomic E-state index is 13.2. The summed E-state index contributed by atoms with van der Waals surface area (Å²) in [7, 11) is 0. The molecular formula is C39H62N6O16. The molecule has 4 unspecified atom stereocenters. The summed E-state index contributed by atoms with van der Waals surface area (Å²) in [5.41, 5.74) is 6.41. The molecule has 5 rings (SSSR count). The number of likely N-dealkylation sites (tertiary alicyclic amines) is 1. The second-order valence-electron chi connectivity index (χ2n) is 16.1. The van der Waals surface area contributed by atoms with Gasteiger partial charge in [-0.2, -0.15) is 0 Å². The van der Waals surface area contributed by atoms with Crippen LogP contribution in [-0.4, -0.2) is 186 Å². The number of nitrogens with two attached hydrogens (primary N) is 1. The third-order valence-corrected chi connectivity index (χ3v) is 11.7. The van der Waals surface area contributed by atoms with Crippen LogP contribution in [0.5, 0.6) is 0 Å². The van der Waals surface area contributed by atoms with Crippen LogP contribution >= 0.6 is 0 Å². The molecule has 0 aliphatic carbocycles. The highest BCUT2D eigenvalue weighted by atomic mass is 16.7. The molecule has 1 aromatic heterocycles. The number of aliphatic hydroxyl groups is 4. The first-order valence-corrected chi connectivity index (χ1v) is 21.1. The van der Waals surface area contributed by atoms with Crippen LogP contribution in [0.15, 0.2) is 6.20 Å². The lowest BCUT2D eigenvalue weighted by atomic mass is 9.88. The highest BCUT2D eigenvalue weighted by Crippen LogP contribution is 2.43. The summed E-state index contributed by atoms with van der Waals surface area (Å²) < 4.78 is 35.1. The predicted molar refractivity (Wildman–Crippen MR) is 206 cm³/mol. The molecule has 1 aromatic rings. The van der Waals surface area contributed by atoms with Crippen molar-refractivity contribution in [2.45, 2.75) is 159 Å². The Kier molecular flexibility index (Phi) is 17.6. The van der Waals surface area contributed by atoms with Crippen molar-refractivity contribution in [2.75, 3.05) is 32.9 Å². The fraction of sp³-hybridized carbons (Fsp3) is 0.821. The highest BCUT2D eigenvalue weighted by Gasteiger charge is 2.58. The maximum atomic E-state index is 13.2. The molecule has 0 radical (unpaired) electrons. The molecule has 0 saturated carbocycles. The number of aliphatic carboxylic acids is 1. The summed E-state index contributed by atoms with van der Waals surface area (Å²) in [6.07, 6.45) is -9.26. The van der Waals surface area contributed by atoms with Gasteiger partial charge >= 0.3 is 5.97 Å². The molecule has 0 bridgehead atoms. The van der Waals surface area contributed by atoms with Gasteiger partial charge in [-0.3, -0.25) is 19.3 Å². The quantitative estimate of drug-likeness (QED) is 0.0516. The van der Waals surface area contributed by atoms with Crippen molar-refractivity contribution >= 4 is 29.5 Å². The summed E-state index contributed by atoms with van der Waals surface area (Å²) in [6, 6.07) is -1.29. The van der Waals surface area contributed by atoms with Crippen LogP contribution in [-0.2, 0) is 65.5 Å². The molecule has 3 amide bonds. The Bertz CT molecular complexity index is 1620. The summed E-state index contributed by atoms with van der Waals surface area (Å²) in [5.74, 6) is -3.02. The van der Waals surface area contributed by atoms with Gasteiger partial charge in [-0.15, -0.1) is 5.10 Å². The summed E-state index contributed by atoms with van der Waals surface area (Å²) in [6.45, 7) is 7.85. The van der Waals surface area contributed by atoms with Gasteiger partial charge in [-0.1, -0.05) is 19.1 Å². The van der Waals surface area contributed by atoms with Gasteiger partial charge in [0.25, 0.3) is 0 Å². The smallest absolute Gasteiger partial charge is 0.335 e. The average Bonchev–Trinajstić information content (AvgIpc) is 3.92. The number of ether oxygens (including phenoxy) is 6. The number of fused-ring (bicyclic) bond motifs is 1. The van der Waals surface area contributed by atoms with E-state index < -0.39 is 79.2 Å². The molecule has 0 aromatic carbocycles. The number of carboxylic acids is 1. The zero-order chi connectivity index (χ0) is 44.5. The number of ketones is 1. The first-order valence-electron chi connectivity index (χ1n) is 21.1. The number of carbonyl (C=O) groups excluding carboxylic acids is 4. The molecule has 14 atom stereocenters. The number of amides is 3. The van der Waals surface area contributed by atoms with Crippen LogP contribution in [0.4, 0.5) is 0 Å². The molecule has 344 valence electrons. The van der Waals surface area contributed by atoms with E-state index >= 15 is 0 Å². The van der Waals surface area contributed by atoms with Crippen LogP contribution in [0.1, 0.15) is 78.3 Å². The number of rotatable bonds is 23. The van der Waals surface area contributed by atoms with E-state index in [0.717, 1.165) is 0 Å². The number of hydrogen-bond donors (Lipinski definition) is 6. The number of aromatic nitrogens is 3. The van der Waals surface area contributed by atoms with Crippen molar-refractivity contribution in [3.8, 4) is 0 Å². The summed E-state index contributed by atoms with van der Waals surface area (Å²) in [4.78, 5) is 66.2. The van der Waals surface area contributed by atoms with E-state index in [2.05, 4.69) is 10.3 Å². The fourth-order valence-electron chi connectivity index (χ4n) is 8.20. The van der Waals surface area contributed by atoms with Crippen LogP contribution < -0.4 is 5.73 Å². The maximum Gasteiger partial charge on any atom is 0.335 e. The van der Waals surface area contributed by atoms with E-state index in [9.17, 15) is 49.5 Å². The number of carbonyl (C=O) groups is 5. The van der Waals surface area contributed by atoms with Crippen LogP contribution in [0.3, 0.4) is 0 Å². The van der Waals surface area contributed by atoms with Crippen molar-refractivity contribution in [2.24, 2.45) is 17.6 Å². The molecular weight excluding hydrogens is 808 g/mol. The van der Waals surface area contributed by atoms with Gasteiger partial charge in [0.1, 0.15) is 42.0 Å². The number of nitrogens with zero attached hydrogens (tertiary/aromatic N) is 5. The van der Waals surface area contributed by atoms with E-state index in [0.29, 0.717) is 50.9 Å². The largest absolute Gasteiger partial charge is 0.479 e. The zero-order valence-corrected chi connectivity index (χ0v) is 35.1. The third kappa shape index (κ3) is 11.7. The highest BCUT2D eigenvalue weighted by molar-refractivity contribution is 6.06. The van der Waals surface area contributed by atoms with Gasteiger partial charge in [0.05, 0.1) is 75.3 Å². The van der Waals surface area contributed by atoms with Crippen molar-refractivity contribution in [3.63, 3.8) is 0 Å². The van der Waals surface area contributed by atoms with E-state index in [1.165, 1.54) is 23.4 Å². The minimum atomic E-state index is -1.82. The standard InChI is InChI=1S/C39H62N6O16/c1-5-23-26-27(24(6-2)59-23)36(53)45(35(26)52)13-9-7-8-12-43(25(47)11-10-20(3)46)18-22-19-44(42-41-22)14-15-56-16-17-57-39-32(51)31(50)33(34(61-39)37(54)55)60-38-28(40)30(49)29(48)21(4)58-38/h19,21,23-24,26-34,38-39,48-51H,5-18,40H2,1-4H3,(H,54,55)/t21?,23-,24+,26+,27-,28?,29-,30-,31-,32?,33+,34?,38-,39-/m1/s1. The Hall–Kier alpha value is -3.55. The molecule has 5 heterocycles. The molecule has 22 heteroatoms. The number of unbranched alkanes of at least 4 members (excludes halogenated alkanes) is 2. The molecule has 4 aliphatic heterocycles. The minimum absolute atomic E-state index is 0.0165. The van der Waals surface area contributed by atoms with Crippen LogP contribution in [0.2, 0.25) is 0 Å². The zero-order valence-electron chi connectivity index (χ0n) is 35.1. The second-order valence-corrected chi connectivity index (χ2v) is 16.1. The molecule has 4 aliphatic rings. The van der Waals surface area contributed by atoms with Gasteiger partial charge < -0.3 is 69.4 Å². The molecule has 22 nitrogen and oxygen atoms in total. The Morgan fingerprint density at radius 1 is 0.852 bits per heavy atom. The summed E-state index contributed by atoms with van der Waals surface area (Å²) in [5, 5.41) is 59.7. The van der Waals surface area contributed by atoms with E-state index in [4.69, 9.17) is 34.2 Å². The number of hydrogen-bond acceptors (Lipinski definition) is 18. The van der Waals surface area contributed by atoms with Crippen molar-refractivity contribution in [3.05, 3.63) is 11.9 Å². The SMILES string of the molecule is CC[C@@H]1O[C@H](CC)[C@@H]2C(=O)N(CCCCCN(Cc3cn(CCOCCO[C@@H]4OC(C(=O)O)[C@@H](O[C@H]5OC(C)[C@@H](O)[C@H](O)C5N)[C@H](O)C4O)nn3)C(=O)CCC(C)=O)C(=O)[C@@H]21. The van der Waals surface area contributed by atoms with Crippen molar-refractivity contribution in [1.82, 2.24) is 24.8 Å². The normalized spacial score (nSPS) is 33.9. The van der Waals surface area contributed by atoms with Crippen molar-refractivity contribution in [1.29, 1.82) is 0 Å². The van der Waals surface area contributed by atoms with E-state index in [1.54, 1.807) is 11.1 Å². The number of aliphatic hydroxyl groups excluding tert-OH is 4. The van der Waals surface area contributed by atoms with Crippen LogP contribution in [0, 0.1) is 11.8 Å². The van der Waals surface area contributed by atoms with Gasteiger partial charge in [-0.05, 0) is 46.0 Å². The van der Waals surface area contributed by atoms with Gasteiger partial charge in [0.15, 0.2) is 18.7 Å². The topological polar surface area (TPSA) is 305 Å². The van der Waals surface area contributed by atoms with Crippen LogP contribution in [0.25, 0.3) is 0 Å². The number of imide groups is 1. The van der Waals surface area contributed by atoms with E-state index in [-0.39, 0.29) is 81.5 Å². The Morgan fingerprint density at radius 2 is 1.54 bits per heavy atom. The number of Topliss-reactive ketones (excluding diaryl/α,β-unsaturated/α-hetero) is 1. The monoisotopic (exact) mass is 870 g/mol. The third-order valence-electron chi connectivity index (χ3n) is 11.7. The predicted octanol–water partition coefficient (Wildman–Crippen LogP) is -1.92. The molecule has 4 fully saturated rings. The first-order chi connectivity index (χ1) is 29.1. The Morgan fingerprint density at radius 3 is 2.18 bits per heavy atom. The average molecular weight is 871 g/mol. The van der Waals surface area contributed by atoms with Crippen molar-refractivity contribution < 1.29 is 77.9 Å². The Labute approximate surface area is 353 Å². The fourth-order valence-corrected chi connectivity index (χ4v) is 8.20. The second kappa shape index (κ2) is 22.2. The minimum Gasteiger partial charge on any atom is -0.479 e. The first kappa shape index (κ1) is 48.5. The van der Waals surface area contributed by atoms with Gasteiger partial charge in [0, 0.05) is 25.9 Å².